The first-order valence-electron chi connectivity index (χ1n) is 5.43. The first-order valence-corrected chi connectivity index (χ1v) is 5.43. The van der Waals surface area contributed by atoms with Crippen molar-refractivity contribution in [3.8, 4) is 0 Å². The van der Waals surface area contributed by atoms with E-state index in [1.807, 2.05) is 0 Å². The molecule has 3 N–H and O–H groups in total. The van der Waals surface area contributed by atoms with Crippen LogP contribution in [-0.2, 0) is 6.42 Å². The molecule has 1 aliphatic heterocycles. The van der Waals surface area contributed by atoms with Crippen LogP contribution in [0.3, 0.4) is 0 Å². The number of hydrogen-bond acceptors (Lipinski definition) is 2. The molecule has 0 aliphatic carbocycles. The van der Waals surface area contributed by atoms with Gasteiger partial charge in [-0.2, -0.15) is 0 Å². The predicted molar refractivity (Wildman–Crippen MR) is 59.2 cm³/mol. The molecular formula is C12H18N2. The van der Waals surface area contributed by atoms with Crippen molar-refractivity contribution >= 4 is 0 Å². The van der Waals surface area contributed by atoms with Crippen LogP contribution in [0.25, 0.3) is 0 Å². The summed E-state index contributed by atoms with van der Waals surface area (Å²) in [6.45, 7) is 1.89. The van der Waals surface area contributed by atoms with Gasteiger partial charge >= 0.3 is 0 Å². The molecule has 1 unspecified atom stereocenters. The lowest BCUT2D eigenvalue weighted by Crippen LogP contribution is -2.15. The molecule has 14 heavy (non-hydrogen) atoms. The molecule has 0 bridgehead atoms. The van der Waals surface area contributed by atoms with Crippen molar-refractivity contribution in [3.05, 3.63) is 35.4 Å². The molecule has 1 fully saturated rings. The summed E-state index contributed by atoms with van der Waals surface area (Å²) in [5, 5.41) is 3.53. The van der Waals surface area contributed by atoms with Crippen LogP contribution in [0.5, 0.6) is 0 Å². The van der Waals surface area contributed by atoms with Crippen molar-refractivity contribution < 1.29 is 0 Å². The van der Waals surface area contributed by atoms with Crippen LogP contribution in [0.2, 0.25) is 0 Å². The van der Waals surface area contributed by atoms with Crippen molar-refractivity contribution in [2.75, 3.05) is 13.1 Å². The summed E-state index contributed by atoms with van der Waals surface area (Å²) >= 11 is 0. The molecule has 1 atom stereocenters. The molecule has 1 heterocycles. The summed E-state index contributed by atoms with van der Waals surface area (Å²) < 4.78 is 0. The Kier molecular flexibility index (Phi) is 3.17. The molecule has 2 rings (SSSR count). The van der Waals surface area contributed by atoms with E-state index in [0.717, 1.165) is 19.5 Å². The van der Waals surface area contributed by atoms with Gasteiger partial charge < -0.3 is 11.1 Å². The Bertz CT molecular complexity index is 290. The van der Waals surface area contributed by atoms with E-state index >= 15 is 0 Å². The van der Waals surface area contributed by atoms with Crippen LogP contribution in [0.15, 0.2) is 24.3 Å². The third-order valence-electron chi connectivity index (χ3n) is 2.90. The highest BCUT2D eigenvalue weighted by Crippen LogP contribution is 2.25. The van der Waals surface area contributed by atoms with E-state index < -0.39 is 0 Å². The van der Waals surface area contributed by atoms with Gasteiger partial charge in [0.15, 0.2) is 0 Å². The minimum absolute atomic E-state index is 0.567. The first-order chi connectivity index (χ1) is 6.92. The lowest BCUT2D eigenvalue weighted by molar-refractivity contribution is 0.639. The summed E-state index contributed by atoms with van der Waals surface area (Å²) in [7, 11) is 0. The van der Waals surface area contributed by atoms with Crippen molar-refractivity contribution in [3.63, 3.8) is 0 Å². The molecule has 1 aromatic rings. The fourth-order valence-electron chi connectivity index (χ4n) is 2.21. The Balaban J connectivity index is 2.21. The monoisotopic (exact) mass is 190 g/mol. The number of benzene rings is 1. The van der Waals surface area contributed by atoms with Gasteiger partial charge in [0.25, 0.3) is 0 Å². The Labute approximate surface area is 85.5 Å². The van der Waals surface area contributed by atoms with Crippen LogP contribution < -0.4 is 11.1 Å². The van der Waals surface area contributed by atoms with Crippen molar-refractivity contribution in [2.24, 2.45) is 5.73 Å². The second-order valence-corrected chi connectivity index (χ2v) is 3.89. The maximum absolute atomic E-state index is 5.61. The normalized spacial score (nSPS) is 21.4. The Morgan fingerprint density at radius 1 is 1.36 bits per heavy atom. The van der Waals surface area contributed by atoms with Gasteiger partial charge in [0.1, 0.15) is 0 Å². The summed E-state index contributed by atoms with van der Waals surface area (Å²) in [6.07, 6.45) is 3.55. The van der Waals surface area contributed by atoms with E-state index in [2.05, 4.69) is 29.6 Å². The molecule has 0 radical (unpaired) electrons. The Morgan fingerprint density at radius 3 is 2.93 bits per heavy atom. The lowest BCUT2D eigenvalue weighted by Gasteiger charge is -2.15. The van der Waals surface area contributed by atoms with E-state index in [1.165, 1.54) is 24.0 Å². The number of rotatable bonds is 3. The van der Waals surface area contributed by atoms with Crippen molar-refractivity contribution in [1.82, 2.24) is 5.32 Å². The maximum Gasteiger partial charge on any atom is 0.0323 e. The summed E-state index contributed by atoms with van der Waals surface area (Å²) in [5.41, 5.74) is 8.47. The number of nitrogens with one attached hydrogen (secondary N) is 1. The van der Waals surface area contributed by atoms with E-state index in [1.54, 1.807) is 0 Å². The second-order valence-electron chi connectivity index (χ2n) is 3.89. The average Bonchev–Trinajstić information content (AvgIpc) is 2.72. The van der Waals surface area contributed by atoms with Crippen LogP contribution in [0, 0.1) is 0 Å². The van der Waals surface area contributed by atoms with Gasteiger partial charge in [-0.1, -0.05) is 24.3 Å². The van der Waals surface area contributed by atoms with Gasteiger partial charge in [0.05, 0.1) is 0 Å². The molecule has 0 spiro atoms. The van der Waals surface area contributed by atoms with Crippen molar-refractivity contribution in [2.45, 2.75) is 25.3 Å². The van der Waals surface area contributed by atoms with Crippen LogP contribution in [-0.4, -0.2) is 13.1 Å². The van der Waals surface area contributed by atoms with Gasteiger partial charge in [-0.25, -0.2) is 0 Å². The molecular weight excluding hydrogens is 172 g/mol. The highest BCUT2D eigenvalue weighted by atomic mass is 14.9. The van der Waals surface area contributed by atoms with E-state index in [-0.39, 0.29) is 0 Å². The quantitative estimate of drug-likeness (QED) is 0.760. The molecule has 76 valence electrons. The largest absolute Gasteiger partial charge is 0.330 e. The fraction of sp³-hybridized carbons (Fsp3) is 0.500. The zero-order valence-corrected chi connectivity index (χ0v) is 8.50. The summed E-state index contributed by atoms with van der Waals surface area (Å²) in [4.78, 5) is 0. The van der Waals surface area contributed by atoms with E-state index in [9.17, 15) is 0 Å². The molecule has 1 saturated heterocycles. The average molecular weight is 190 g/mol. The second kappa shape index (κ2) is 4.58. The molecule has 0 amide bonds. The van der Waals surface area contributed by atoms with Gasteiger partial charge in [-0.3, -0.25) is 0 Å². The predicted octanol–water partition coefficient (Wildman–Crippen LogP) is 1.61. The minimum atomic E-state index is 0.567. The third kappa shape index (κ3) is 1.97. The van der Waals surface area contributed by atoms with Crippen LogP contribution >= 0.6 is 0 Å². The van der Waals surface area contributed by atoms with Gasteiger partial charge in [-0.15, -0.1) is 0 Å². The maximum atomic E-state index is 5.61. The molecule has 0 aromatic heterocycles. The molecule has 0 saturated carbocycles. The summed E-state index contributed by atoms with van der Waals surface area (Å²) in [5.74, 6) is 0. The highest BCUT2D eigenvalue weighted by molar-refractivity contribution is 5.30. The number of hydrogen-bond donors (Lipinski definition) is 2. The lowest BCUT2D eigenvalue weighted by atomic mass is 9.97. The minimum Gasteiger partial charge on any atom is -0.330 e. The standard InChI is InChI=1S/C12H18N2/c13-8-7-10-4-1-2-5-11(10)12-6-3-9-14-12/h1-2,4-5,12,14H,3,6-9,13H2. The van der Waals surface area contributed by atoms with E-state index in [0.29, 0.717) is 6.04 Å². The molecule has 1 aliphatic rings. The zero-order valence-electron chi connectivity index (χ0n) is 8.50. The number of nitrogens with two attached hydrogens (primary N) is 1. The van der Waals surface area contributed by atoms with Crippen molar-refractivity contribution in [1.29, 1.82) is 0 Å². The van der Waals surface area contributed by atoms with Crippen LogP contribution in [0.1, 0.15) is 30.0 Å². The highest BCUT2D eigenvalue weighted by Gasteiger charge is 2.17. The summed E-state index contributed by atoms with van der Waals surface area (Å²) in [6, 6.07) is 9.22. The molecule has 2 heteroatoms. The zero-order chi connectivity index (χ0) is 9.80. The van der Waals surface area contributed by atoms with Gasteiger partial charge in [0, 0.05) is 6.04 Å². The topological polar surface area (TPSA) is 38.0 Å². The Morgan fingerprint density at radius 2 is 2.21 bits per heavy atom. The van der Waals surface area contributed by atoms with Gasteiger partial charge in [0.2, 0.25) is 0 Å². The molecule has 2 nitrogen and oxygen atoms in total. The fourth-order valence-corrected chi connectivity index (χ4v) is 2.21. The first kappa shape index (κ1) is 9.69. The SMILES string of the molecule is NCCc1ccccc1C1CCCN1. The van der Waals surface area contributed by atoms with E-state index in [4.69, 9.17) is 5.73 Å². The van der Waals surface area contributed by atoms with Crippen LogP contribution in [0.4, 0.5) is 0 Å². The smallest absolute Gasteiger partial charge is 0.0323 e. The Hall–Kier alpha value is -0.860. The molecule has 1 aromatic carbocycles. The van der Waals surface area contributed by atoms with Gasteiger partial charge in [-0.05, 0) is 43.5 Å². The third-order valence-corrected chi connectivity index (χ3v) is 2.90.